The van der Waals surface area contributed by atoms with Crippen LogP contribution in [-0.4, -0.2) is 121 Å². The van der Waals surface area contributed by atoms with Gasteiger partial charge >= 0.3 is 5.97 Å². The van der Waals surface area contributed by atoms with E-state index in [9.17, 15) is 13.2 Å². The zero-order chi connectivity index (χ0) is 51.0. The van der Waals surface area contributed by atoms with Crippen molar-refractivity contribution in [3.8, 4) is 0 Å². The first-order chi connectivity index (χ1) is 31.6. The molecule has 3 heterocycles. The van der Waals surface area contributed by atoms with Crippen molar-refractivity contribution in [3.05, 3.63) is 54.6 Å². The summed E-state index contributed by atoms with van der Waals surface area (Å²) in [7, 11) is -7.68. The fraction of sp³-hybridized carbons (Fsp3) is 0.792. The zero-order valence-electron chi connectivity index (χ0n) is 45.2. The van der Waals surface area contributed by atoms with Crippen molar-refractivity contribution in [1.82, 2.24) is 0 Å². The van der Waals surface area contributed by atoms with Gasteiger partial charge in [-0.2, -0.15) is 0 Å². The smallest absolute Gasteiger partial charge is 0.324 e. The second kappa shape index (κ2) is 24.5. The van der Waals surface area contributed by atoms with E-state index in [0.29, 0.717) is 13.0 Å². The van der Waals surface area contributed by atoms with Gasteiger partial charge in [0.05, 0.1) is 67.4 Å². The van der Waals surface area contributed by atoms with Gasteiger partial charge in [0.1, 0.15) is 0 Å². The van der Waals surface area contributed by atoms with Crippen LogP contribution in [0, 0.1) is 11.8 Å². The Morgan fingerprint density at radius 3 is 1.97 bits per heavy atom. The number of ether oxygens (including phenoxy) is 5. The van der Waals surface area contributed by atoms with Gasteiger partial charge < -0.3 is 37.0 Å². The van der Waals surface area contributed by atoms with E-state index >= 15 is 0 Å². The van der Waals surface area contributed by atoms with E-state index in [0.717, 1.165) is 74.4 Å². The topological polar surface area (TPSA) is 125 Å². The SMILES string of the molecule is C=C1C[C@H](CCCO[Si](CC)(CC)CC)O[C@H]1CC[C@H]1C[C@@H](C)C(=C)[C@@H](C[C@@H]2O[C@H](C[C@@H](CO[Si](C)(C)C(C)(C)C)O[Si](C)(C)C(C)(C)C)[C@H](OC)[C@H]2C(C(=O)OC)S(=O)(=O)c2ccccc2)O1. The zero-order valence-corrected chi connectivity index (χ0v) is 49.1. The van der Waals surface area contributed by atoms with Gasteiger partial charge in [-0.3, -0.25) is 4.79 Å². The van der Waals surface area contributed by atoms with Crippen molar-refractivity contribution in [3.63, 3.8) is 0 Å². The molecule has 4 rings (SSSR count). The largest absolute Gasteiger partial charge is 0.468 e. The molecular formula is C53H94O11SSi3. The third kappa shape index (κ3) is 14.6. The molecule has 0 saturated carbocycles. The predicted molar refractivity (Wildman–Crippen MR) is 282 cm³/mol. The van der Waals surface area contributed by atoms with E-state index in [1.54, 1.807) is 25.3 Å². The molecule has 0 bridgehead atoms. The molecule has 0 aromatic heterocycles. The number of carbonyl (C=O) groups excluding carboxylic acids is 1. The fourth-order valence-corrected chi connectivity index (χ4v) is 16.9. The van der Waals surface area contributed by atoms with Gasteiger partial charge in [0.2, 0.25) is 0 Å². The highest BCUT2D eigenvalue weighted by molar-refractivity contribution is 7.92. The fourth-order valence-electron chi connectivity index (χ4n) is 9.89. The van der Waals surface area contributed by atoms with Crippen LogP contribution in [0.15, 0.2) is 59.5 Å². The molecule has 3 saturated heterocycles. The number of hydrogen-bond donors (Lipinski definition) is 0. The van der Waals surface area contributed by atoms with Crippen LogP contribution in [0.25, 0.3) is 0 Å². The van der Waals surface area contributed by atoms with Crippen LogP contribution < -0.4 is 0 Å². The van der Waals surface area contributed by atoms with Gasteiger partial charge in [-0.25, -0.2) is 8.42 Å². The normalized spacial score (nSPS) is 27.7. The maximum absolute atomic E-state index is 14.8. The van der Waals surface area contributed by atoms with Crippen LogP contribution in [-0.2, 0) is 51.6 Å². The van der Waals surface area contributed by atoms with Crippen molar-refractivity contribution in [2.75, 3.05) is 27.4 Å². The summed E-state index contributed by atoms with van der Waals surface area (Å²) >= 11 is 0. The average molecular weight is 1020 g/mol. The molecule has 0 aliphatic carbocycles. The van der Waals surface area contributed by atoms with Gasteiger partial charge in [-0.15, -0.1) is 0 Å². The molecule has 1 unspecified atom stereocenters. The monoisotopic (exact) mass is 1020 g/mol. The van der Waals surface area contributed by atoms with Crippen LogP contribution in [0.2, 0.25) is 54.4 Å². The summed E-state index contributed by atoms with van der Waals surface area (Å²) in [5.41, 5.74) is 2.06. The molecule has 15 heteroatoms. The van der Waals surface area contributed by atoms with Crippen LogP contribution in [0.3, 0.4) is 0 Å². The van der Waals surface area contributed by atoms with Gasteiger partial charge in [0.25, 0.3) is 0 Å². The number of rotatable bonds is 25. The number of hydrogen-bond acceptors (Lipinski definition) is 11. The minimum atomic E-state index is -4.31. The predicted octanol–water partition coefficient (Wildman–Crippen LogP) is 12.2. The summed E-state index contributed by atoms with van der Waals surface area (Å²) in [5.74, 6) is -1.68. The lowest BCUT2D eigenvalue weighted by molar-refractivity contribution is -0.142. The minimum absolute atomic E-state index is 0.0251. The third-order valence-corrected chi connectivity index (χ3v) is 32.5. The summed E-state index contributed by atoms with van der Waals surface area (Å²) in [6.45, 7) is 41.3. The highest BCUT2D eigenvalue weighted by atomic mass is 32.2. The van der Waals surface area contributed by atoms with E-state index < -0.39 is 76.3 Å². The Balaban J connectivity index is 1.62. The second-order valence-corrected chi connectivity index (χ2v) is 39.6. The third-order valence-electron chi connectivity index (χ3n) is 16.7. The Morgan fingerprint density at radius 2 is 1.41 bits per heavy atom. The van der Waals surface area contributed by atoms with Crippen molar-refractivity contribution in [1.29, 1.82) is 0 Å². The molecule has 3 fully saturated rings. The molecular weight excluding hydrogens is 929 g/mol. The second-order valence-electron chi connectivity index (χ2n) is 23.2. The molecule has 0 amide bonds. The Labute approximate surface area is 416 Å². The quantitative estimate of drug-likeness (QED) is 0.0402. The van der Waals surface area contributed by atoms with Crippen molar-refractivity contribution in [2.24, 2.45) is 11.8 Å². The Kier molecular flexibility index (Phi) is 21.3. The molecule has 68 heavy (non-hydrogen) atoms. The van der Waals surface area contributed by atoms with Gasteiger partial charge in [-0.1, -0.05) is 101 Å². The summed E-state index contributed by atoms with van der Waals surface area (Å²) in [6, 6.07) is 11.6. The number of methoxy groups -OCH3 is 2. The highest BCUT2D eigenvalue weighted by Crippen LogP contribution is 2.46. The molecule has 0 spiro atoms. The van der Waals surface area contributed by atoms with Crippen molar-refractivity contribution < 1.29 is 50.2 Å². The summed E-state index contributed by atoms with van der Waals surface area (Å²) < 4.78 is 82.5. The number of benzene rings is 1. The lowest BCUT2D eigenvalue weighted by Crippen LogP contribution is -2.50. The molecule has 390 valence electrons. The number of carbonyl (C=O) groups is 1. The molecule has 1 aromatic rings. The van der Waals surface area contributed by atoms with Gasteiger partial charge in [0.15, 0.2) is 40.0 Å². The Morgan fingerprint density at radius 1 is 0.809 bits per heavy atom. The van der Waals surface area contributed by atoms with E-state index in [4.69, 9.17) is 37.0 Å². The van der Waals surface area contributed by atoms with Crippen LogP contribution in [0.4, 0.5) is 0 Å². The van der Waals surface area contributed by atoms with Crippen LogP contribution >= 0.6 is 0 Å². The van der Waals surface area contributed by atoms with Gasteiger partial charge in [0, 0.05) is 32.5 Å². The Hall–Kier alpha value is -1.51. The highest BCUT2D eigenvalue weighted by Gasteiger charge is 2.57. The van der Waals surface area contributed by atoms with Crippen LogP contribution in [0.1, 0.15) is 121 Å². The number of sulfone groups is 1. The summed E-state index contributed by atoms with van der Waals surface area (Å²) in [4.78, 5) is 14.1. The first kappa shape index (κ1) is 59.1. The summed E-state index contributed by atoms with van der Waals surface area (Å²) in [5, 5.41) is -1.73. The molecule has 3 aliphatic rings. The minimum Gasteiger partial charge on any atom is -0.468 e. The maximum atomic E-state index is 14.8. The van der Waals surface area contributed by atoms with Gasteiger partial charge in [-0.05, 0) is 122 Å². The standard InChI is InChI=1S/C53H94O11SSi3/c1-19-68(20-2,21-3)59-31-25-26-40-33-38(5)44(61-40)30-29-41-32-37(4)39(6)45(62-41)35-46-48(50(51(54)58-14)65(55,56)43-27-23-22-24-28-43)49(57-13)47(63-46)34-42(64-67(17,18)53(10,11)12)36-60-66(15,16)52(7,8)9/h22-24,27-28,37,40-42,44-50H,5-6,19-21,25-26,29-36H2,1-4,7-18H3/t37-,40+,41+,42+,44+,45-,46+,47-,48+,49+,50?/m1/s1. The summed E-state index contributed by atoms with van der Waals surface area (Å²) in [6.07, 6.45) is 2.78. The number of esters is 1. The molecule has 11 atom stereocenters. The van der Waals surface area contributed by atoms with Crippen molar-refractivity contribution >= 4 is 40.8 Å². The van der Waals surface area contributed by atoms with E-state index in [-0.39, 0.29) is 51.7 Å². The Bertz CT molecular complexity index is 1880. The molecule has 1 aromatic carbocycles. The molecule has 11 nitrogen and oxygen atoms in total. The molecule has 0 radical (unpaired) electrons. The van der Waals surface area contributed by atoms with E-state index in [2.05, 4.69) is 109 Å². The lowest BCUT2D eigenvalue weighted by atomic mass is 9.82. The lowest BCUT2D eigenvalue weighted by Gasteiger charge is -2.42. The first-order valence-corrected chi connectivity index (χ1v) is 35.7. The average Bonchev–Trinajstić information content (AvgIpc) is 3.80. The van der Waals surface area contributed by atoms with Crippen LogP contribution in [0.5, 0.6) is 0 Å². The first-order valence-electron chi connectivity index (χ1n) is 25.8. The molecule has 3 aliphatic heterocycles. The van der Waals surface area contributed by atoms with E-state index in [1.807, 2.05) is 0 Å². The maximum Gasteiger partial charge on any atom is 0.324 e. The van der Waals surface area contributed by atoms with E-state index in [1.165, 1.54) is 19.2 Å². The van der Waals surface area contributed by atoms with Crippen molar-refractivity contribution in [2.45, 2.75) is 234 Å². The molecule has 0 N–H and O–H groups in total.